The van der Waals surface area contributed by atoms with Crippen molar-refractivity contribution in [3.8, 4) is 0 Å². The molecule has 1 aliphatic rings. The van der Waals surface area contributed by atoms with E-state index in [9.17, 15) is 4.79 Å². The fourth-order valence-electron chi connectivity index (χ4n) is 2.55. The number of amides is 1. The molecule has 0 bridgehead atoms. The van der Waals surface area contributed by atoms with Gasteiger partial charge in [-0.05, 0) is 37.3 Å². The van der Waals surface area contributed by atoms with Crippen LogP contribution in [-0.2, 0) is 11.2 Å². The standard InChI is InChI=1S/C17H23N5OS/c1-3-12-4-6-13(7-5-12)11(2)19-15(23)10-24-17-21-20-16(22(17)18)14-8-9-14/h4-7,11,14H,3,8-10,18H2,1-2H3,(H,19,23)/t11-/m1/s1. The SMILES string of the molecule is CCc1ccc([C@@H](C)NC(=O)CSc2nnc(C3CC3)n2N)cc1. The van der Waals surface area contributed by atoms with Gasteiger partial charge < -0.3 is 11.2 Å². The third-order valence-electron chi connectivity index (χ3n) is 4.23. The van der Waals surface area contributed by atoms with Crippen LogP contribution in [0.5, 0.6) is 0 Å². The molecule has 1 aromatic carbocycles. The molecule has 0 aliphatic heterocycles. The van der Waals surface area contributed by atoms with E-state index in [4.69, 9.17) is 5.84 Å². The molecule has 3 rings (SSSR count). The lowest BCUT2D eigenvalue weighted by Gasteiger charge is -2.14. The zero-order valence-corrected chi connectivity index (χ0v) is 14.8. The molecular weight excluding hydrogens is 322 g/mol. The van der Waals surface area contributed by atoms with E-state index < -0.39 is 0 Å². The van der Waals surface area contributed by atoms with Crippen LogP contribution in [0.2, 0.25) is 0 Å². The van der Waals surface area contributed by atoms with Crippen LogP contribution in [0.1, 0.15) is 55.6 Å². The molecule has 0 radical (unpaired) electrons. The van der Waals surface area contributed by atoms with Gasteiger partial charge in [-0.3, -0.25) is 4.79 Å². The van der Waals surface area contributed by atoms with Gasteiger partial charge in [0.25, 0.3) is 0 Å². The Bertz CT molecular complexity index is 708. The summed E-state index contributed by atoms with van der Waals surface area (Å²) in [4.78, 5) is 12.2. The van der Waals surface area contributed by atoms with Gasteiger partial charge in [-0.15, -0.1) is 10.2 Å². The van der Waals surface area contributed by atoms with Crippen LogP contribution in [0.3, 0.4) is 0 Å². The highest BCUT2D eigenvalue weighted by Crippen LogP contribution is 2.39. The topological polar surface area (TPSA) is 85.8 Å². The molecule has 6 nitrogen and oxygen atoms in total. The highest BCUT2D eigenvalue weighted by molar-refractivity contribution is 7.99. The average Bonchev–Trinajstić information content (AvgIpc) is 3.36. The Morgan fingerprint density at radius 2 is 2.08 bits per heavy atom. The summed E-state index contributed by atoms with van der Waals surface area (Å²) >= 11 is 1.32. The van der Waals surface area contributed by atoms with Crippen LogP contribution in [0.4, 0.5) is 0 Å². The maximum atomic E-state index is 12.2. The van der Waals surface area contributed by atoms with E-state index in [1.807, 2.05) is 6.92 Å². The molecule has 1 heterocycles. The lowest BCUT2D eigenvalue weighted by molar-refractivity contribution is -0.119. The molecular formula is C17H23N5OS. The highest BCUT2D eigenvalue weighted by atomic mass is 32.2. The summed E-state index contributed by atoms with van der Waals surface area (Å²) in [5.41, 5.74) is 2.39. The van der Waals surface area contributed by atoms with E-state index in [1.165, 1.54) is 22.0 Å². The summed E-state index contributed by atoms with van der Waals surface area (Å²) in [6.45, 7) is 4.11. The molecule has 1 saturated carbocycles. The van der Waals surface area contributed by atoms with Gasteiger partial charge >= 0.3 is 0 Å². The molecule has 2 aromatic rings. The summed E-state index contributed by atoms with van der Waals surface area (Å²) < 4.78 is 1.52. The van der Waals surface area contributed by atoms with Crippen molar-refractivity contribution in [3.05, 3.63) is 41.2 Å². The van der Waals surface area contributed by atoms with Gasteiger partial charge in [0, 0.05) is 5.92 Å². The van der Waals surface area contributed by atoms with Crippen molar-refractivity contribution in [3.63, 3.8) is 0 Å². The van der Waals surface area contributed by atoms with Gasteiger partial charge in [-0.25, -0.2) is 4.68 Å². The number of nitrogens with two attached hydrogens (primary N) is 1. The van der Waals surface area contributed by atoms with E-state index >= 15 is 0 Å². The summed E-state index contributed by atoms with van der Waals surface area (Å²) in [5, 5.41) is 11.8. The Morgan fingerprint density at radius 1 is 1.38 bits per heavy atom. The van der Waals surface area contributed by atoms with Gasteiger partial charge in [0.15, 0.2) is 5.82 Å². The average molecular weight is 345 g/mol. The van der Waals surface area contributed by atoms with Crippen LogP contribution < -0.4 is 11.2 Å². The molecule has 7 heteroatoms. The Balaban J connectivity index is 1.51. The summed E-state index contributed by atoms with van der Waals surface area (Å²) in [6.07, 6.45) is 3.25. The number of thioether (sulfide) groups is 1. The number of aryl methyl sites for hydroxylation is 1. The van der Waals surface area contributed by atoms with E-state index in [0.29, 0.717) is 11.1 Å². The van der Waals surface area contributed by atoms with Crippen molar-refractivity contribution < 1.29 is 4.79 Å². The summed E-state index contributed by atoms with van der Waals surface area (Å²) in [7, 11) is 0. The zero-order valence-electron chi connectivity index (χ0n) is 14.0. The lowest BCUT2D eigenvalue weighted by Crippen LogP contribution is -2.28. The third kappa shape index (κ3) is 3.90. The predicted octanol–water partition coefficient (Wildman–Crippen LogP) is 2.40. The highest BCUT2D eigenvalue weighted by Gasteiger charge is 2.30. The molecule has 1 aliphatic carbocycles. The largest absolute Gasteiger partial charge is 0.349 e. The Morgan fingerprint density at radius 3 is 2.71 bits per heavy atom. The number of nitrogens with one attached hydrogen (secondary N) is 1. The van der Waals surface area contributed by atoms with Gasteiger partial charge in [0.2, 0.25) is 11.1 Å². The fraction of sp³-hybridized carbons (Fsp3) is 0.471. The first-order chi connectivity index (χ1) is 11.6. The van der Waals surface area contributed by atoms with Crippen molar-refractivity contribution in [2.45, 2.75) is 50.2 Å². The fourth-order valence-corrected chi connectivity index (χ4v) is 3.22. The Kier molecular flexibility index (Phi) is 5.08. The van der Waals surface area contributed by atoms with Crippen LogP contribution in [-0.4, -0.2) is 26.5 Å². The monoisotopic (exact) mass is 345 g/mol. The van der Waals surface area contributed by atoms with Crippen LogP contribution >= 0.6 is 11.8 Å². The molecule has 0 unspecified atom stereocenters. The molecule has 0 spiro atoms. The number of rotatable bonds is 7. The smallest absolute Gasteiger partial charge is 0.230 e. The first kappa shape index (κ1) is 16.8. The molecule has 0 saturated heterocycles. The molecule has 1 aromatic heterocycles. The number of carbonyl (C=O) groups is 1. The van der Waals surface area contributed by atoms with Gasteiger partial charge in [0.05, 0.1) is 11.8 Å². The number of nitrogen functional groups attached to an aromatic ring is 1. The second kappa shape index (κ2) is 7.25. The Labute approximate surface area is 146 Å². The molecule has 1 amide bonds. The zero-order chi connectivity index (χ0) is 17.1. The number of hydrogen-bond acceptors (Lipinski definition) is 5. The maximum Gasteiger partial charge on any atom is 0.230 e. The quantitative estimate of drug-likeness (QED) is 0.594. The molecule has 128 valence electrons. The lowest BCUT2D eigenvalue weighted by atomic mass is 10.1. The van der Waals surface area contributed by atoms with Gasteiger partial charge in [0.1, 0.15) is 0 Å². The van der Waals surface area contributed by atoms with E-state index in [1.54, 1.807) is 0 Å². The van der Waals surface area contributed by atoms with E-state index in [0.717, 1.165) is 30.7 Å². The van der Waals surface area contributed by atoms with Crippen LogP contribution in [0.15, 0.2) is 29.4 Å². The number of nitrogens with zero attached hydrogens (tertiary/aromatic N) is 3. The number of benzene rings is 1. The molecule has 1 fully saturated rings. The molecule has 3 N–H and O–H groups in total. The third-order valence-corrected chi connectivity index (χ3v) is 5.17. The first-order valence-electron chi connectivity index (χ1n) is 8.30. The van der Waals surface area contributed by atoms with Crippen molar-refractivity contribution in [2.24, 2.45) is 0 Å². The second-order valence-electron chi connectivity index (χ2n) is 6.16. The molecule has 1 atom stereocenters. The normalized spacial score (nSPS) is 15.2. The van der Waals surface area contributed by atoms with Crippen molar-refractivity contribution in [1.29, 1.82) is 0 Å². The number of carbonyl (C=O) groups excluding carboxylic acids is 1. The van der Waals surface area contributed by atoms with Gasteiger partial charge in [-0.1, -0.05) is 43.0 Å². The number of aromatic nitrogens is 3. The molecule has 24 heavy (non-hydrogen) atoms. The Hall–Kier alpha value is -2.02. The van der Waals surface area contributed by atoms with Crippen LogP contribution in [0.25, 0.3) is 0 Å². The minimum Gasteiger partial charge on any atom is -0.349 e. The van der Waals surface area contributed by atoms with Crippen molar-refractivity contribution >= 4 is 17.7 Å². The van der Waals surface area contributed by atoms with Gasteiger partial charge in [-0.2, -0.15) is 0 Å². The second-order valence-corrected chi connectivity index (χ2v) is 7.10. The van der Waals surface area contributed by atoms with E-state index in [-0.39, 0.29) is 17.7 Å². The first-order valence-corrected chi connectivity index (χ1v) is 9.28. The minimum atomic E-state index is -0.0389. The minimum absolute atomic E-state index is 0.0261. The number of hydrogen-bond donors (Lipinski definition) is 2. The summed E-state index contributed by atoms with van der Waals surface area (Å²) in [5.74, 6) is 7.49. The van der Waals surface area contributed by atoms with Crippen LogP contribution in [0, 0.1) is 0 Å². The van der Waals surface area contributed by atoms with Crippen molar-refractivity contribution in [2.75, 3.05) is 11.6 Å². The maximum absolute atomic E-state index is 12.2. The van der Waals surface area contributed by atoms with E-state index in [2.05, 4.69) is 46.7 Å². The summed E-state index contributed by atoms with van der Waals surface area (Å²) in [6, 6.07) is 8.30. The predicted molar refractivity (Wildman–Crippen MR) is 95.2 cm³/mol. The van der Waals surface area contributed by atoms with Crippen molar-refractivity contribution in [1.82, 2.24) is 20.2 Å².